The molecule has 4 aliphatic rings. The van der Waals surface area contributed by atoms with Crippen molar-refractivity contribution in [3.05, 3.63) is 29.8 Å². The van der Waals surface area contributed by atoms with Crippen LogP contribution in [0.3, 0.4) is 0 Å². The van der Waals surface area contributed by atoms with Gasteiger partial charge in [0.15, 0.2) is 0 Å². The van der Waals surface area contributed by atoms with E-state index in [1.165, 1.54) is 32.1 Å². The van der Waals surface area contributed by atoms with Crippen molar-refractivity contribution in [2.45, 2.75) is 96.5 Å². The van der Waals surface area contributed by atoms with Crippen LogP contribution < -0.4 is 0 Å². The summed E-state index contributed by atoms with van der Waals surface area (Å²) in [6.45, 7) is 8.52. The molecule has 1 aromatic rings. The van der Waals surface area contributed by atoms with Crippen LogP contribution >= 0.6 is 0 Å². The molecule has 0 bridgehead atoms. The lowest BCUT2D eigenvalue weighted by Gasteiger charge is -2.61. The Morgan fingerprint density at radius 3 is 2.36 bits per heavy atom. The molecule has 4 aliphatic carbocycles. The summed E-state index contributed by atoms with van der Waals surface area (Å²) in [5, 5.41) is 0. The van der Waals surface area contributed by atoms with Crippen LogP contribution in [0.15, 0.2) is 29.2 Å². The fourth-order valence-electron chi connectivity index (χ4n) is 9.04. The van der Waals surface area contributed by atoms with Crippen molar-refractivity contribution in [3.63, 3.8) is 0 Å². The van der Waals surface area contributed by atoms with Crippen molar-refractivity contribution in [2.24, 2.45) is 40.4 Å². The number of aryl methyl sites for hydroxylation is 1. The van der Waals surface area contributed by atoms with Gasteiger partial charge in [0.1, 0.15) is 5.78 Å². The SMILES string of the molecule is CC(=O)[C@H]1CC[C@H]2[C@@H]3CC[C@H]4C[C@H](OS(=O)(=O)c5ccccc5C)CC[C@]4(C)[C@H]3CC[C@]12C. The summed E-state index contributed by atoms with van der Waals surface area (Å²) < 4.78 is 31.8. The number of hydrogen-bond acceptors (Lipinski definition) is 4. The maximum Gasteiger partial charge on any atom is 0.297 e. The van der Waals surface area contributed by atoms with Crippen LogP contribution in [-0.4, -0.2) is 20.3 Å². The lowest BCUT2D eigenvalue weighted by molar-refractivity contribution is -0.137. The first-order valence-electron chi connectivity index (χ1n) is 13.1. The highest BCUT2D eigenvalue weighted by Crippen LogP contribution is 2.67. The van der Waals surface area contributed by atoms with Gasteiger partial charge in [-0.05, 0) is 118 Å². The highest BCUT2D eigenvalue weighted by molar-refractivity contribution is 7.86. The van der Waals surface area contributed by atoms with E-state index in [1.807, 2.05) is 19.1 Å². The van der Waals surface area contributed by atoms with E-state index in [1.54, 1.807) is 19.1 Å². The molecule has 5 rings (SSSR count). The number of Topliss-reactive ketones (excluding diaryl/α,β-unsaturated/α-hetero) is 1. The summed E-state index contributed by atoms with van der Waals surface area (Å²) in [6.07, 6.45) is 9.58. The second-order valence-corrected chi connectivity index (χ2v) is 13.7. The first kappa shape index (κ1) is 23.5. The maximum atomic E-state index is 13.0. The van der Waals surface area contributed by atoms with Gasteiger partial charge in [0.05, 0.1) is 11.0 Å². The number of fused-ring (bicyclic) bond motifs is 5. The van der Waals surface area contributed by atoms with Gasteiger partial charge in [0.2, 0.25) is 0 Å². The molecule has 8 atom stereocenters. The van der Waals surface area contributed by atoms with E-state index in [2.05, 4.69) is 13.8 Å². The van der Waals surface area contributed by atoms with Crippen LogP contribution in [0.2, 0.25) is 0 Å². The van der Waals surface area contributed by atoms with E-state index in [0.717, 1.165) is 37.2 Å². The molecule has 182 valence electrons. The van der Waals surface area contributed by atoms with Gasteiger partial charge in [-0.25, -0.2) is 0 Å². The van der Waals surface area contributed by atoms with Gasteiger partial charge >= 0.3 is 0 Å². The number of benzene rings is 1. The van der Waals surface area contributed by atoms with Crippen LogP contribution in [0.1, 0.15) is 84.1 Å². The second-order valence-electron chi connectivity index (χ2n) is 12.2. The Bertz CT molecular complexity index is 1030. The number of ketones is 1. The molecule has 0 unspecified atom stereocenters. The standard InChI is InChI=1S/C28H40O4S/c1-18-7-5-6-8-26(18)33(30,31)32-21-13-15-27(3)20(17-21)9-10-22-24-12-11-23(19(2)29)28(24,4)16-14-25(22)27/h5-8,20-25H,9-17H2,1-4H3/t20-,21+,22-,23+,24-,25-,27-,28+/m0/s1. The average molecular weight is 473 g/mol. The van der Waals surface area contributed by atoms with Crippen molar-refractivity contribution in [1.29, 1.82) is 0 Å². The first-order chi connectivity index (χ1) is 15.6. The van der Waals surface area contributed by atoms with Gasteiger partial charge in [0.25, 0.3) is 10.1 Å². The third kappa shape index (κ3) is 3.73. The topological polar surface area (TPSA) is 60.4 Å². The zero-order valence-electron chi connectivity index (χ0n) is 20.7. The molecule has 0 amide bonds. The quantitative estimate of drug-likeness (QED) is 0.481. The first-order valence-corrected chi connectivity index (χ1v) is 14.5. The Hall–Kier alpha value is -1.20. The molecule has 4 nitrogen and oxygen atoms in total. The summed E-state index contributed by atoms with van der Waals surface area (Å²) in [6, 6.07) is 7.10. The van der Waals surface area contributed by atoms with Crippen LogP contribution in [0.25, 0.3) is 0 Å². The summed E-state index contributed by atoms with van der Waals surface area (Å²) >= 11 is 0. The largest absolute Gasteiger partial charge is 0.300 e. The van der Waals surface area contributed by atoms with E-state index in [-0.39, 0.29) is 22.9 Å². The van der Waals surface area contributed by atoms with E-state index >= 15 is 0 Å². The normalized spacial score (nSPS) is 42.8. The van der Waals surface area contributed by atoms with E-state index < -0.39 is 10.1 Å². The predicted molar refractivity (Wildman–Crippen MR) is 129 cm³/mol. The predicted octanol–water partition coefficient (Wildman–Crippen LogP) is 6.32. The van der Waals surface area contributed by atoms with Gasteiger partial charge in [0, 0.05) is 5.92 Å². The second kappa shape index (κ2) is 8.19. The number of hydrogen-bond donors (Lipinski definition) is 0. The lowest BCUT2D eigenvalue weighted by Crippen LogP contribution is -2.54. The molecular weight excluding hydrogens is 432 g/mol. The smallest absolute Gasteiger partial charge is 0.297 e. The van der Waals surface area contributed by atoms with Gasteiger partial charge < -0.3 is 0 Å². The Labute approximate surface area is 200 Å². The van der Waals surface area contributed by atoms with Gasteiger partial charge in [-0.1, -0.05) is 32.0 Å². The molecule has 1 aromatic carbocycles. The zero-order chi connectivity index (χ0) is 23.6. The van der Waals surface area contributed by atoms with Crippen LogP contribution in [0.4, 0.5) is 0 Å². The molecule has 0 aromatic heterocycles. The van der Waals surface area contributed by atoms with E-state index in [4.69, 9.17) is 4.18 Å². The minimum atomic E-state index is -3.74. The lowest BCUT2D eigenvalue weighted by atomic mass is 9.44. The number of rotatable bonds is 4. The fraction of sp³-hybridized carbons (Fsp3) is 0.750. The highest BCUT2D eigenvalue weighted by Gasteiger charge is 2.61. The molecule has 0 heterocycles. The van der Waals surface area contributed by atoms with Crippen LogP contribution in [-0.2, 0) is 19.1 Å². The molecule has 0 N–H and O–H groups in total. The molecule has 0 aliphatic heterocycles. The Morgan fingerprint density at radius 1 is 0.939 bits per heavy atom. The minimum absolute atomic E-state index is 0.193. The average Bonchev–Trinajstić information content (AvgIpc) is 3.11. The number of carbonyl (C=O) groups excluding carboxylic acids is 1. The molecule has 4 saturated carbocycles. The molecule has 33 heavy (non-hydrogen) atoms. The third-order valence-corrected chi connectivity index (χ3v) is 12.3. The van der Waals surface area contributed by atoms with Crippen molar-refractivity contribution in [2.75, 3.05) is 0 Å². The Kier molecular flexibility index (Phi) is 5.84. The summed E-state index contributed by atoms with van der Waals surface area (Å²) in [7, 11) is -3.74. The molecule has 4 fully saturated rings. The van der Waals surface area contributed by atoms with Crippen molar-refractivity contribution in [1.82, 2.24) is 0 Å². The summed E-state index contributed by atoms with van der Waals surface area (Å²) in [5.74, 6) is 3.28. The zero-order valence-corrected chi connectivity index (χ0v) is 21.5. The van der Waals surface area contributed by atoms with Crippen molar-refractivity contribution >= 4 is 15.9 Å². The summed E-state index contributed by atoms with van der Waals surface area (Å²) in [5.41, 5.74) is 1.20. The summed E-state index contributed by atoms with van der Waals surface area (Å²) in [4.78, 5) is 12.7. The Morgan fingerprint density at radius 2 is 1.64 bits per heavy atom. The maximum absolute atomic E-state index is 13.0. The molecular formula is C28H40O4S. The highest BCUT2D eigenvalue weighted by atomic mass is 32.2. The molecule has 0 saturated heterocycles. The third-order valence-electron chi connectivity index (χ3n) is 10.7. The molecule has 5 heteroatoms. The minimum Gasteiger partial charge on any atom is -0.300 e. The fourth-order valence-corrected chi connectivity index (χ4v) is 10.4. The number of carbonyl (C=O) groups is 1. The van der Waals surface area contributed by atoms with Crippen LogP contribution in [0.5, 0.6) is 0 Å². The van der Waals surface area contributed by atoms with Crippen LogP contribution in [0, 0.1) is 47.3 Å². The Balaban J connectivity index is 1.31. The van der Waals surface area contributed by atoms with Gasteiger partial charge in [-0.2, -0.15) is 8.42 Å². The van der Waals surface area contributed by atoms with Gasteiger partial charge in [-0.15, -0.1) is 0 Å². The van der Waals surface area contributed by atoms with Crippen molar-refractivity contribution < 1.29 is 17.4 Å². The van der Waals surface area contributed by atoms with Crippen molar-refractivity contribution in [3.8, 4) is 0 Å². The monoisotopic (exact) mass is 472 g/mol. The molecule has 0 radical (unpaired) electrons. The molecule has 0 spiro atoms. The van der Waals surface area contributed by atoms with E-state index in [9.17, 15) is 13.2 Å². The van der Waals surface area contributed by atoms with E-state index in [0.29, 0.717) is 28.4 Å². The van der Waals surface area contributed by atoms with Gasteiger partial charge in [-0.3, -0.25) is 8.98 Å².